The number of carboxylic acid groups (broad SMARTS) is 1. The summed E-state index contributed by atoms with van der Waals surface area (Å²) in [5.74, 6) is -0.403. The van der Waals surface area contributed by atoms with Gasteiger partial charge in [-0.15, -0.1) is 11.8 Å². The molecule has 7 heteroatoms. The number of piperazine rings is 1. The zero-order chi connectivity index (χ0) is 15.7. The molecule has 0 bridgehead atoms. The Hall–Kier alpha value is -1.73. The first-order chi connectivity index (χ1) is 10.5. The van der Waals surface area contributed by atoms with Gasteiger partial charge in [-0.2, -0.15) is 0 Å². The molecule has 1 unspecified atom stereocenters. The van der Waals surface area contributed by atoms with E-state index in [0.717, 1.165) is 31.9 Å². The van der Waals surface area contributed by atoms with Crippen LogP contribution in [0.15, 0.2) is 23.2 Å². The predicted octanol–water partition coefficient (Wildman–Crippen LogP) is 1.14. The van der Waals surface area contributed by atoms with Crippen LogP contribution in [0.1, 0.15) is 12.5 Å². The van der Waals surface area contributed by atoms with Gasteiger partial charge >= 0.3 is 5.97 Å². The van der Waals surface area contributed by atoms with Crippen molar-refractivity contribution in [3.63, 3.8) is 0 Å². The summed E-state index contributed by atoms with van der Waals surface area (Å²) in [4.78, 5) is 17.8. The maximum Gasteiger partial charge on any atom is 0.332 e. The number of thioether (sulfide) groups is 1. The van der Waals surface area contributed by atoms with Crippen molar-refractivity contribution in [3.05, 3.63) is 23.8 Å². The van der Waals surface area contributed by atoms with Crippen LogP contribution in [0.5, 0.6) is 5.75 Å². The highest BCUT2D eigenvalue weighted by molar-refractivity contribution is 8.14. The van der Waals surface area contributed by atoms with Gasteiger partial charge in [-0.05, 0) is 19.1 Å². The Labute approximate surface area is 133 Å². The molecule has 22 heavy (non-hydrogen) atoms. The molecule has 6 nitrogen and oxygen atoms in total. The quantitative estimate of drug-likeness (QED) is 0.774. The SMILES string of the molecule is CC1(C(=O)O)CSC(c2ccc(N3CCNCC3)cc2O)=N1. The first kappa shape index (κ1) is 15.2. The molecule has 1 fully saturated rings. The van der Waals surface area contributed by atoms with Crippen LogP contribution >= 0.6 is 11.8 Å². The summed E-state index contributed by atoms with van der Waals surface area (Å²) >= 11 is 1.37. The number of rotatable bonds is 3. The molecule has 3 rings (SSSR count). The molecule has 0 aliphatic carbocycles. The standard InChI is InChI=1S/C15H19N3O3S/c1-15(14(20)21)9-22-13(17-15)11-3-2-10(8-12(11)19)18-6-4-16-5-7-18/h2-3,8,16,19H,4-7,9H2,1H3,(H,20,21). The van der Waals surface area contributed by atoms with Crippen molar-refractivity contribution in [2.24, 2.45) is 4.99 Å². The molecule has 0 aromatic heterocycles. The van der Waals surface area contributed by atoms with E-state index in [1.54, 1.807) is 13.0 Å². The van der Waals surface area contributed by atoms with Gasteiger partial charge in [0.05, 0.1) is 0 Å². The van der Waals surface area contributed by atoms with Gasteiger partial charge in [0.1, 0.15) is 10.8 Å². The van der Waals surface area contributed by atoms with Gasteiger partial charge < -0.3 is 20.4 Å². The highest BCUT2D eigenvalue weighted by Crippen LogP contribution is 2.35. The number of aliphatic carboxylic acids is 1. The topological polar surface area (TPSA) is 85.2 Å². The van der Waals surface area contributed by atoms with Gasteiger partial charge in [0.2, 0.25) is 0 Å². The lowest BCUT2D eigenvalue weighted by Crippen LogP contribution is -2.43. The number of carbonyl (C=O) groups is 1. The van der Waals surface area contributed by atoms with E-state index in [2.05, 4.69) is 15.2 Å². The van der Waals surface area contributed by atoms with Gasteiger partial charge in [-0.3, -0.25) is 4.99 Å². The maximum absolute atomic E-state index is 11.3. The van der Waals surface area contributed by atoms with E-state index in [9.17, 15) is 15.0 Å². The zero-order valence-electron chi connectivity index (χ0n) is 12.4. The Morgan fingerprint density at radius 1 is 1.41 bits per heavy atom. The fourth-order valence-electron chi connectivity index (χ4n) is 2.57. The van der Waals surface area contributed by atoms with Gasteiger partial charge in [0, 0.05) is 49.2 Å². The van der Waals surface area contributed by atoms with Crippen LogP contribution in [0.4, 0.5) is 5.69 Å². The highest BCUT2D eigenvalue weighted by atomic mass is 32.2. The molecule has 0 amide bonds. The minimum Gasteiger partial charge on any atom is -0.507 e. The fourth-order valence-corrected chi connectivity index (χ4v) is 3.77. The number of hydrogen-bond donors (Lipinski definition) is 3. The van der Waals surface area contributed by atoms with Crippen LogP contribution in [-0.2, 0) is 4.79 Å². The number of benzene rings is 1. The summed E-state index contributed by atoms with van der Waals surface area (Å²) in [5.41, 5.74) is 0.477. The number of carboxylic acids is 1. The predicted molar refractivity (Wildman–Crippen MR) is 88.2 cm³/mol. The summed E-state index contributed by atoms with van der Waals surface area (Å²) < 4.78 is 0. The second-order valence-electron chi connectivity index (χ2n) is 5.72. The molecule has 0 radical (unpaired) electrons. The molecule has 3 N–H and O–H groups in total. The van der Waals surface area contributed by atoms with Crippen molar-refractivity contribution >= 4 is 28.5 Å². The molecule has 2 aliphatic heterocycles. The van der Waals surface area contributed by atoms with Crippen LogP contribution in [0.3, 0.4) is 0 Å². The smallest absolute Gasteiger partial charge is 0.332 e. The number of hydrogen-bond acceptors (Lipinski definition) is 6. The van der Waals surface area contributed by atoms with Gasteiger partial charge in [0.15, 0.2) is 5.54 Å². The second-order valence-corrected chi connectivity index (χ2v) is 6.69. The number of phenols is 1. The molecule has 2 aliphatic rings. The van der Waals surface area contributed by atoms with E-state index in [-0.39, 0.29) is 5.75 Å². The molecule has 2 heterocycles. The van der Waals surface area contributed by atoms with Gasteiger partial charge in [0.25, 0.3) is 0 Å². The molecular formula is C15H19N3O3S. The van der Waals surface area contributed by atoms with E-state index in [0.29, 0.717) is 16.4 Å². The van der Waals surface area contributed by atoms with Crippen molar-refractivity contribution in [2.75, 3.05) is 36.8 Å². The van der Waals surface area contributed by atoms with E-state index >= 15 is 0 Å². The maximum atomic E-state index is 11.3. The number of aliphatic imine (C=N–C) groups is 1. The summed E-state index contributed by atoms with van der Waals surface area (Å²) in [6, 6.07) is 5.52. The first-order valence-electron chi connectivity index (χ1n) is 7.25. The summed E-state index contributed by atoms with van der Waals surface area (Å²) in [6.45, 7) is 5.28. The summed E-state index contributed by atoms with van der Waals surface area (Å²) in [6.07, 6.45) is 0. The number of nitrogens with one attached hydrogen (secondary N) is 1. The van der Waals surface area contributed by atoms with Gasteiger partial charge in [-0.1, -0.05) is 0 Å². The normalized spacial score (nSPS) is 25.1. The molecule has 1 aromatic rings. The molecule has 0 spiro atoms. The third-order valence-corrected chi connectivity index (χ3v) is 5.28. The monoisotopic (exact) mass is 321 g/mol. The Bertz CT molecular complexity index is 628. The van der Waals surface area contributed by atoms with Crippen molar-refractivity contribution in [3.8, 4) is 5.75 Å². The molecule has 1 aromatic carbocycles. The van der Waals surface area contributed by atoms with Crippen LogP contribution in [0, 0.1) is 0 Å². The molecule has 118 valence electrons. The second kappa shape index (κ2) is 5.81. The largest absolute Gasteiger partial charge is 0.507 e. The van der Waals surface area contributed by atoms with E-state index in [4.69, 9.17) is 0 Å². The number of nitrogens with zero attached hydrogens (tertiary/aromatic N) is 2. The Morgan fingerprint density at radius 3 is 2.73 bits per heavy atom. The Morgan fingerprint density at radius 2 is 2.14 bits per heavy atom. The molecular weight excluding hydrogens is 302 g/mol. The van der Waals surface area contributed by atoms with Crippen molar-refractivity contribution in [2.45, 2.75) is 12.5 Å². The third-order valence-electron chi connectivity index (χ3n) is 3.99. The van der Waals surface area contributed by atoms with Crippen LogP contribution in [-0.4, -0.2) is 58.7 Å². The lowest BCUT2D eigenvalue weighted by atomic mass is 10.1. The Kier molecular flexibility index (Phi) is 4.01. The molecule has 0 saturated carbocycles. The van der Waals surface area contributed by atoms with Crippen LogP contribution in [0.25, 0.3) is 0 Å². The van der Waals surface area contributed by atoms with Crippen molar-refractivity contribution in [1.82, 2.24) is 5.32 Å². The molecule has 1 atom stereocenters. The minimum atomic E-state index is -1.11. The number of aromatic hydroxyl groups is 1. The minimum absolute atomic E-state index is 0.150. The number of phenolic OH excluding ortho intramolecular Hbond substituents is 1. The summed E-state index contributed by atoms with van der Waals surface area (Å²) in [7, 11) is 0. The van der Waals surface area contributed by atoms with Crippen molar-refractivity contribution < 1.29 is 15.0 Å². The lowest BCUT2D eigenvalue weighted by Gasteiger charge is -2.29. The lowest BCUT2D eigenvalue weighted by molar-refractivity contribution is -0.141. The first-order valence-corrected chi connectivity index (χ1v) is 8.23. The van der Waals surface area contributed by atoms with Crippen LogP contribution in [0.2, 0.25) is 0 Å². The zero-order valence-corrected chi connectivity index (χ0v) is 13.2. The third kappa shape index (κ3) is 2.78. The fraction of sp³-hybridized carbons (Fsp3) is 0.467. The van der Waals surface area contributed by atoms with E-state index in [1.165, 1.54) is 11.8 Å². The Balaban J connectivity index is 1.85. The molecule has 1 saturated heterocycles. The average molecular weight is 321 g/mol. The number of anilines is 1. The highest BCUT2D eigenvalue weighted by Gasteiger charge is 2.39. The van der Waals surface area contributed by atoms with Crippen molar-refractivity contribution in [1.29, 1.82) is 0 Å². The van der Waals surface area contributed by atoms with E-state index in [1.807, 2.05) is 12.1 Å². The van der Waals surface area contributed by atoms with E-state index < -0.39 is 11.5 Å². The van der Waals surface area contributed by atoms with Gasteiger partial charge in [-0.25, -0.2) is 4.79 Å². The summed E-state index contributed by atoms with van der Waals surface area (Å²) in [5, 5.41) is 23.4. The van der Waals surface area contributed by atoms with Crippen LogP contribution < -0.4 is 10.2 Å². The average Bonchev–Trinajstić information content (AvgIpc) is 2.92.